The van der Waals surface area contributed by atoms with Crippen molar-refractivity contribution < 1.29 is 22.7 Å². The second-order valence-electron chi connectivity index (χ2n) is 10.4. The molecule has 10 nitrogen and oxygen atoms in total. The molecule has 0 unspecified atom stereocenters. The number of hydrogen-bond donors (Lipinski definition) is 2. The zero-order chi connectivity index (χ0) is 29.4. The fourth-order valence-corrected chi connectivity index (χ4v) is 5.05. The molecule has 0 atom stereocenters. The second-order valence-corrected chi connectivity index (χ2v) is 10.4. The van der Waals surface area contributed by atoms with Crippen LogP contribution in [0.25, 0.3) is 11.0 Å². The molecular formula is C29H29F3N8O2. The summed E-state index contributed by atoms with van der Waals surface area (Å²) < 4.78 is 45.2. The molecule has 1 amide bonds. The average molecular weight is 579 g/mol. The SMILES string of the molecule is COc1ccc(NC(=O)c2ccc(C)c(Nc3ncnc4cnc(N5CCN(C6CC6)CC5)nc34)c2)cc1C(F)(F)F. The van der Waals surface area contributed by atoms with Crippen molar-refractivity contribution in [2.45, 2.75) is 32.0 Å². The van der Waals surface area contributed by atoms with Crippen LogP contribution in [0, 0.1) is 6.92 Å². The number of aromatic nitrogens is 4. The molecule has 4 aromatic rings. The number of anilines is 4. The van der Waals surface area contributed by atoms with Crippen LogP contribution in [0.2, 0.25) is 0 Å². The molecule has 42 heavy (non-hydrogen) atoms. The number of halogens is 3. The highest BCUT2D eigenvalue weighted by Crippen LogP contribution is 2.38. The van der Waals surface area contributed by atoms with E-state index in [0.717, 1.165) is 51.0 Å². The lowest BCUT2D eigenvalue weighted by Gasteiger charge is -2.34. The van der Waals surface area contributed by atoms with Crippen LogP contribution in [-0.2, 0) is 6.18 Å². The van der Waals surface area contributed by atoms with E-state index in [0.29, 0.717) is 28.5 Å². The number of rotatable bonds is 7. The van der Waals surface area contributed by atoms with E-state index in [2.05, 4.69) is 35.4 Å². The first-order chi connectivity index (χ1) is 20.2. The van der Waals surface area contributed by atoms with Crippen molar-refractivity contribution in [2.24, 2.45) is 0 Å². The number of piperazine rings is 1. The van der Waals surface area contributed by atoms with E-state index in [9.17, 15) is 18.0 Å². The number of aryl methyl sites for hydroxylation is 1. The van der Waals surface area contributed by atoms with Gasteiger partial charge in [0, 0.05) is 49.2 Å². The zero-order valence-electron chi connectivity index (χ0n) is 23.1. The van der Waals surface area contributed by atoms with Crippen LogP contribution in [0.3, 0.4) is 0 Å². The maximum absolute atomic E-state index is 13.4. The Morgan fingerprint density at radius 3 is 2.52 bits per heavy atom. The molecule has 6 rings (SSSR count). The van der Waals surface area contributed by atoms with Crippen LogP contribution in [0.4, 0.5) is 36.3 Å². The molecule has 218 valence electrons. The molecule has 3 heterocycles. The number of benzene rings is 2. The molecule has 2 aromatic carbocycles. The molecule has 13 heteroatoms. The van der Waals surface area contributed by atoms with Gasteiger partial charge in [-0.05, 0) is 55.7 Å². The van der Waals surface area contributed by atoms with Crippen molar-refractivity contribution in [2.75, 3.05) is 48.8 Å². The fourth-order valence-electron chi connectivity index (χ4n) is 5.05. The van der Waals surface area contributed by atoms with Crippen molar-refractivity contribution in [3.8, 4) is 5.75 Å². The quantitative estimate of drug-likeness (QED) is 0.312. The minimum absolute atomic E-state index is 0.00722. The van der Waals surface area contributed by atoms with Gasteiger partial charge in [0.25, 0.3) is 5.91 Å². The fraction of sp³-hybridized carbons (Fsp3) is 0.345. The molecule has 0 spiro atoms. The van der Waals surface area contributed by atoms with E-state index in [1.54, 1.807) is 24.4 Å². The molecule has 2 N–H and O–H groups in total. The van der Waals surface area contributed by atoms with E-state index >= 15 is 0 Å². The number of carbonyl (C=O) groups is 1. The standard InChI is InChI=1S/C29H29F3N8O2/c1-17-3-4-18(27(41)36-19-5-8-24(42-2)21(14-19)29(30,31)32)13-22(17)37-26-25-23(34-16-35-26)15-33-28(38-25)40-11-9-39(10-12-40)20-6-7-20/h3-5,8,13-16,20H,6-7,9-12H2,1-2H3,(H,36,41)(H,34,35,37). The smallest absolute Gasteiger partial charge is 0.420 e. The molecule has 2 aromatic heterocycles. The van der Waals surface area contributed by atoms with Crippen LogP contribution in [0.15, 0.2) is 48.9 Å². The summed E-state index contributed by atoms with van der Waals surface area (Å²) in [7, 11) is 1.16. The third kappa shape index (κ3) is 5.77. The lowest BCUT2D eigenvalue weighted by Crippen LogP contribution is -2.47. The van der Waals surface area contributed by atoms with Gasteiger partial charge in [-0.2, -0.15) is 13.2 Å². The normalized spacial score (nSPS) is 16.0. The van der Waals surface area contributed by atoms with Crippen LogP contribution in [0.5, 0.6) is 5.75 Å². The first-order valence-corrected chi connectivity index (χ1v) is 13.6. The third-order valence-electron chi connectivity index (χ3n) is 7.54. The number of alkyl halides is 3. The van der Waals surface area contributed by atoms with E-state index in [-0.39, 0.29) is 17.0 Å². The Balaban J connectivity index is 1.22. The summed E-state index contributed by atoms with van der Waals surface area (Å²) in [5.41, 5.74) is 1.79. The minimum Gasteiger partial charge on any atom is -0.496 e. The Morgan fingerprint density at radius 1 is 1.02 bits per heavy atom. The number of amides is 1. The Bertz CT molecular complexity index is 1640. The topological polar surface area (TPSA) is 108 Å². The predicted octanol–water partition coefficient (Wildman–Crippen LogP) is 5.04. The molecule has 0 bridgehead atoms. The van der Waals surface area contributed by atoms with Crippen LogP contribution < -0.4 is 20.3 Å². The van der Waals surface area contributed by atoms with Gasteiger partial charge in [-0.3, -0.25) is 9.69 Å². The van der Waals surface area contributed by atoms with Crippen molar-refractivity contribution in [1.29, 1.82) is 0 Å². The lowest BCUT2D eigenvalue weighted by molar-refractivity contribution is -0.138. The summed E-state index contributed by atoms with van der Waals surface area (Å²) >= 11 is 0. The molecule has 0 radical (unpaired) electrons. The van der Waals surface area contributed by atoms with Crippen molar-refractivity contribution in [3.05, 3.63) is 65.6 Å². The van der Waals surface area contributed by atoms with E-state index < -0.39 is 17.6 Å². The maximum atomic E-state index is 13.4. The summed E-state index contributed by atoms with van der Waals surface area (Å²) in [5, 5.41) is 5.81. The van der Waals surface area contributed by atoms with E-state index in [4.69, 9.17) is 9.72 Å². The largest absolute Gasteiger partial charge is 0.496 e. The van der Waals surface area contributed by atoms with Gasteiger partial charge >= 0.3 is 6.18 Å². The Morgan fingerprint density at radius 2 is 1.81 bits per heavy atom. The Labute approximate surface area is 239 Å². The summed E-state index contributed by atoms with van der Waals surface area (Å²) in [5.74, 6) is 0.162. The van der Waals surface area contributed by atoms with Crippen molar-refractivity contribution in [3.63, 3.8) is 0 Å². The average Bonchev–Trinajstić information content (AvgIpc) is 3.84. The molecule has 1 saturated heterocycles. The number of hydrogen-bond acceptors (Lipinski definition) is 9. The van der Waals surface area contributed by atoms with Crippen LogP contribution in [-0.4, -0.2) is 70.1 Å². The molecule has 2 aliphatic rings. The number of fused-ring (bicyclic) bond motifs is 1. The summed E-state index contributed by atoms with van der Waals surface area (Å²) in [6.45, 7) is 5.50. The van der Waals surface area contributed by atoms with E-state index in [1.165, 1.54) is 31.3 Å². The zero-order valence-corrected chi connectivity index (χ0v) is 23.1. The number of nitrogens with zero attached hydrogens (tertiary/aromatic N) is 6. The monoisotopic (exact) mass is 578 g/mol. The van der Waals surface area contributed by atoms with Gasteiger partial charge in [0.15, 0.2) is 5.82 Å². The van der Waals surface area contributed by atoms with Crippen LogP contribution in [0.1, 0.15) is 34.3 Å². The van der Waals surface area contributed by atoms with Crippen molar-refractivity contribution in [1.82, 2.24) is 24.8 Å². The number of carbonyl (C=O) groups excluding carboxylic acids is 1. The van der Waals surface area contributed by atoms with Gasteiger partial charge in [0.05, 0.1) is 18.9 Å². The molecule has 1 aliphatic carbocycles. The molecule has 1 saturated carbocycles. The first-order valence-electron chi connectivity index (χ1n) is 13.6. The summed E-state index contributed by atoms with van der Waals surface area (Å²) in [4.78, 5) is 35.8. The second kappa shape index (κ2) is 11.0. The summed E-state index contributed by atoms with van der Waals surface area (Å²) in [6, 6.07) is 9.06. The van der Waals surface area contributed by atoms with Crippen LogP contribution >= 0.6 is 0 Å². The number of methoxy groups -OCH3 is 1. The van der Waals surface area contributed by atoms with Gasteiger partial charge in [0.2, 0.25) is 5.95 Å². The first kappa shape index (κ1) is 27.6. The van der Waals surface area contributed by atoms with Gasteiger partial charge in [-0.25, -0.2) is 19.9 Å². The number of ether oxygens (including phenoxy) is 1. The Kier molecular flexibility index (Phi) is 7.27. The van der Waals surface area contributed by atoms with Gasteiger partial charge in [-0.15, -0.1) is 0 Å². The Hall–Kier alpha value is -4.52. The van der Waals surface area contributed by atoms with Crippen molar-refractivity contribution >= 4 is 40.1 Å². The van der Waals surface area contributed by atoms with Gasteiger partial charge in [0.1, 0.15) is 23.1 Å². The summed E-state index contributed by atoms with van der Waals surface area (Å²) in [6.07, 6.45) is 1.01. The molecular weight excluding hydrogens is 549 g/mol. The third-order valence-corrected chi connectivity index (χ3v) is 7.54. The molecule has 2 fully saturated rings. The predicted molar refractivity (Wildman–Crippen MR) is 152 cm³/mol. The highest BCUT2D eigenvalue weighted by atomic mass is 19.4. The minimum atomic E-state index is -4.64. The number of nitrogens with one attached hydrogen (secondary N) is 2. The van der Waals surface area contributed by atoms with E-state index in [1.807, 2.05) is 6.92 Å². The maximum Gasteiger partial charge on any atom is 0.420 e. The highest BCUT2D eigenvalue weighted by Gasteiger charge is 2.35. The lowest BCUT2D eigenvalue weighted by atomic mass is 10.1. The van der Waals surface area contributed by atoms with Gasteiger partial charge in [-0.1, -0.05) is 6.07 Å². The molecule has 1 aliphatic heterocycles. The van der Waals surface area contributed by atoms with Gasteiger partial charge < -0.3 is 20.3 Å². The highest BCUT2D eigenvalue weighted by molar-refractivity contribution is 6.05.